The molecule has 1 amide bonds. The van der Waals surface area contributed by atoms with Gasteiger partial charge in [-0.25, -0.2) is 4.98 Å². The number of halogens is 1. The standard InChI is InChI=1S/C18H18ClN5O2/c1-12(25)22-10-14-7-15(2-4-21-14)26-16-3-5-24(11-16)18-17(19)6-13(8-20)9-23-18/h2,4,6-7,9,16H,3,5,10-11H2,1H3,(H,22,25). The summed E-state index contributed by atoms with van der Waals surface area (Å²) in [6.07, 6.45) is 4.02. The van der Waals surface area contributed by atoms with Crippen molar-refractivity contribution >= 4 is 23.3 Å². The normalized spacial score (nSPS) is 16.2. The number of amides is 1. The highest BCUT2D eigenvalue weighted by Crippen LogP contribution is 2.28. The summed E-state index contributed by atoms with van der Waals surface area (Å²) in [6.45, 7) is 3.26. The second-order valence-corrected chi connectivity index (χ2v) is 6.42. The van der Waals surface area contributed by atoms with E-state index in [0.717, 1.165) is 18.7 Å². The lowest BCUT2D eigenvalue weighted by Crippen LogP contribution is -2.25. The van der Waals surface area contributed by atoms with Crippen molar-refractivity contribution in [3.05, 3.63) is 46.9 Å². The van der Waals surface area contributed by atoms with E-state index in [1.165, 1.54) is 13.1 Å². The summed E-state index contributed by atoms with van der Waals surface area (Å²) >= 11 is 6.24. The molecule has 8 heteroatoms. The summed E-state index contributed by atoms with van der Waals surface area (Å²) in [6, 6.07) is 7.27. The monoisotopic (exact) mass is 371 g/mol. The Kier molecular flexibility index (Phi) is 5.54. The van der Waals surface area contributed by atoms with Crippen molar-refractivity contribution in [2.45, 2.75) is 26.0 Å². The van der Waals surface area contributed by atoms with Crippen LogP contribution in [0.4, 0.5) is 5.82 Å². The molecule has 0 spiro atoms. The van der Waals surface area contributed by atoms with Gasteiger partial charge in [0, 0.05) is 38.3 Å². The average Bonchev–Trinajstić information content (AvgIpc) is 3.08. The van der Waals surface area contributed by atoms with Crippen molar-refractivity contribution in [1.82, 2.24) is 15.3 Å². The molecule has 26 heavy (non-hydrogen) atoms. The summed E-state index contributed by atoms with van der Waals surface area (Å²) in [5, 5.41) is 12.1. The predicted molar refractivity (Wildman–Crippen MR) is 97.0 cm³/mol. The Bertz CT molecular complexity index is 852. The first kappa shape index (κ1) is 18.0. The molecule has 1 atom stereocenters. The molecule has 1 N–H and O–H groups in total. The first-order chi connectivity index (χ1) is 12.5. The van der Waals surface area contributed by atoms with Gasteiger partial charge in [-0.15, -0.1) is 0 Å². The Morgan fingerprint density at radius 1 is 1.50 bits per heavy atom. The minimum Gasteiger partial charge on any atom is -0.488 e. The maximum atomic E-state index is 11.0. The molecule has 1 aliphatic heterocycles. The van der Waals surface area contributed by atoms with E-state index in [1.54, 1.807) is 18.3 Å². The molecule has 0 aliphatic carbocycles. The largest absolute Gasteiger partial charge is 0.488 e. The number of carbonyl (C=O) groups is 1. The molecule has 134 valence electrons. The van der Waals surface area contributed by atoms with E-state index in [0.29, 0.717) is 35.2 Å². The van der Waals surface area contributed by atoms with Gasteiger partial charge in [-0.1, -0.05) is 11.6 Å². The van der Waals surface area contributed by atoms with Crippen LogP contribution in [0.15, 0.2) is 30.6 Å². The second kappa shape index (κ2) is 8.02. The van der Waals surface area contributed by atoms with Crippen LogP contribution in [-0.4, -0.2) is 35.1 Å². The van der Waals surface area contributed by atoms with Gasteiger partial charge in [0.25, 0.3) is 0 Å². The zero-order valence-corrected chi connectivity index (χ0v) is 15.0. The summed E-state index contributed by atoms with van der Waals surface area (Å²) in [4.78, 5) is 21.6. The number of pyridine rings is 2. The first-order valence-electron chi connectivity index (χ1n) is 8.22. The zero-order valence-electron chi connectivity index (χ0n) is 14.3. The van der Waals surface area contributed by atoms with Crippen LogP contribution in [-0.2, 0) is 11.3 Å². The Morgan fingerprint density at radius 2 is 2.35 bits per heavy atom. The number of hydrogen-bond acceptors (Lipinski definition) is 6. The molecule has 1 saturated heterocycles. The average molecular weight is 372 g/mol. The van der Waals surface area contributed by atoms with Crippen molar-refractivity contribution < 1.29 is 9.53 Å². The molecular formula is C18H18ClN5O2. The quantitative estimate of drug-likeness (QED) is 0.867. The lowest BCUT2D eigenvalue weighted by Gasteiger charge is -2.19. The first-order valence-corrected chi connectivity index (χ1v) is 8.59. The van der Waals surface area contributed by atoms with E-state index in [1.807, 2.05) is 17.0 Å². The molecule has 2 aromatic heterocycles. The van der Waals surface area contributed by atoms with Crippen LogP contribution in [0.25, 0.3) is 0 Å². The Balaban J connectivity index is 1.62. The molecule has 0 aromatic carbocycles. The number of aromatic nitrogens is 2. The van der Waals surface area contributed by atoms with E-state index in [4.69, 9.17) is 21.6 Å². The number of nitrogens with one attached hydrogen (secondary N) is 1. The van der Waals surface area contributed by atoms with Crippen LogP contribution in [0.5, 0.6) is 5.75 Å². The summed E-state index contributed by atoms with van der Waals surface area (Å²) in [5.41, 5.74) is 1.18. The highest BCUT2D eigenvalue weighted by Gasteiger charge is 2.26. The van der Waals surface area contributed by atoms with Crippen molar-refractivity contribution in [3.8, 4) is 11.8 Å². The van der Waals surface area contributed by atoms with Crippen molar-refractivity contribution in [3.63, 3.8) is 0 Å². The third-order valence-corrected chi connectivity index (χ3v) is 4.28. The molecule has 0 saturated carbocycles. The lowest BCUT2D eigenvalue weighted by atomic mass is 10.3. The van der Waals surface area contributed by atoms with Gasteiger partial charge in [-0.2, -0.15) is 5.26 Å². The van der Waals surface area contributed by atoms with Gasteiger partial charge < -0.3 is 15.0 Å². The SMILES string of the molecule is CC(=O)NCc1cc(OC2CCN(c3ncc(C#N)cc3Cl)C2)ccn1. The second-order valence-electron chi connectivity index (χ2n) is 6.01. The number of carbonyl (C=O) groups excluding carboxylic acids is 1. The molecule has 0 bridgehead atoms. The third-order valence-electron chi connectivity index (χ3n) is 4.00. The molecule has 0 radical (unpaired) electrons. The maximum absolute atomic E-state index is 11.0. The minimum atomic E-state index is -0.101. The van der Waals surface area contributed by atoms with Gasteiger partial charge >= 0.3 is 0 Å². The van der Waals surface area contributed by atoms with E-state index >= 15 is 0 Å². The van der Waals surface area contributed by atoms with Gasteiger partial charge in [-0.3, -0.25) is 9.78 Å². The zero-order chi connectivity index (χ0) is 18.5. The van der Waals surface area contributed by atoms with Gasteiger partial charge in [0.15, 0.2) is 0 Å². The Morgan fingerprint density at radius 3 is 3.08 bits per heavy atom. The molecule has 1 aliphatic rings. The van der Waals surface area contributed by atoms with Crippen LogP contribution >= 0.6 is 11.6 Å². The molecule has 7 nitrogen and oxygen atoms in total. The topological polar surface area (TPSA) is 91.1 Å². The molecule has 1 fully saturated rings. The van der Waals surface area contributed by atoms with Crippen molar-refractivity contribution in [2.24, 2.45) is 0 Å². The number of anilines is 1. The fourth-order valence-corrected chi connectivity index (χ4v) is 3.06. The molecule has 2 aromatic rings. The van der Waals surface area contributed by atoms with Crippen molar-refractivity contribution in [1.29, 1.82) is 5.26 Å². The molecular weight excluding hydrogens is 354 g/mol. The molecule has 3 heterocycles. The number of hydrogen-bond donors (Lipinski definition) is 1. The van der Waals surface area contributed by atoms with Crippen LogP contribution in [0.2, 0.25) is 5.02 Å². The maximum Gasteiger partial charge on any atom is 0.217 e. The highest BCUT2D eigenvalue weighted by molar-refractivity contribution is 6.33. The summed E-state index contributed by atoms with van der Waals surface area (Å²) in [5.74, 6) is 1.28. The Labute approximate surface area is 156 Å². The highest BCUT2D eigenvalue weighted by atomic mass is 35.5. The van der Waals surface area contributed by atoms with Crippen LogP contribution in [0, 0.1) is 11.3 Å². The minimum absolute atomic E-state index is 0.000439. The fraction of sp³-hybridized carbons (Fsp3) is 0.333. The van der Waals surface area contributed by atoms with Crippen molar-refractivity contribution in [2.75, 3.05) is 18.0 Å². The van der Waals surface area contributed by atoms with Gasteiger partial charge in [0.05, 0.1) is 29.4 Å². The molecule has 1 unspecified atom stereocenters. The fourth-order valence-electron chi connectivity index (χ4n) is 2.77. The lowest BCUT2D eigenvalue weighted by molar-refractivity contribution is -0.119. The number of nitrogens with zero attached hydrogens (tertiary/aromatic N) is 4. The number of nitriles is 1. The summed E-state index contributed by atoms with van der Waals surface area (Å²) < 4.78 is 6.04. The van der Waals surface area contributed by atoms with Crippen LogP contribution in [0.1, 0.15) is 24.6 Å². The number of ether oxygens (including phenoxy) is 1. The van der Waals surface area contributed by atoms with Crippen LogP contribution in [0.3, 0.4) is 0 Å². The van der Waals surface area contributed by atoms with Gasteiger partial charge in [0.1, 0.15) is 23.7 Å². The van der Waals surface area contributed by atoms with Crippen LogP contribution < -0.4 is 15.0 Å². The van der Waals surface area contributed by atoms with Gasteiger partial charge in [0.2, 0.25) is 5.91 Å². The van der Waals surface area contributed by atoms with E-state index < -0.39 is 0 Å². The smallest absolute Gasteiger partial charge is 0.217 e. The Hall–Kier alpha value is -2.85. The third kappa shape index (κ3) is 4.41. The van der Waals surface area contributed by atoms with E-state index in [2.05, 4.69) is 15.3 Å². The van der Waals surface area contributed by atoms with E-state index in [9.17, 15) is 4.79 Å². The predicted octanol–water partition coefficient (Wildman–Crippen LogP) is 2.30. The van der Waals surface area contributed by atoms with Gasteiger partial charge in [-0.05, 0) is 12.1 Å². The summed E-state index contributed by atoms with van der Waals surface area (Å²) in [7, 11) is 0. The number of rotatable bonds is 5. The van der Waals surface area contributed by atoms with E-state index in [-0.39, 0.29) is 12.0 Å². The molecule has 3 rings (SSSR count).